The predicted octanol–water partition coefficient (Wildman–Crippen LogP) is 3.85. The maximum Gasteiger partial charge on any atom is 0.318 e. The number of ether oxygens (including phenoxy) is 1. The molecule has 4 aromatic rings. The fourth-order valence-electron chi connectivity index (χ4n) is 3.14. The van der Waals surface area contributed by atoms with E-state index in [2.05, 4.69) is 10.3 Å². The van der Waals surface area contributed by atoms with Crippen LogP contribution < -0.4 is 21.3 Å². The van der Waals surface area contributed by atoms with Crippen molar-refractivity contribution in [1.29, 1.82) is 0 Å². The molecule has 3 aromatic carbocycles. The Hall–Kier alpha value is -4.11. The van der Waals surface area contributed by atoms with E-state index in [-0.39, 0.29) is 5.56 Å². The molecule has 0 saturated heterocycles. The molecule has 1 aromatic heterocycles. The van der Waals surface area contributed by atoms with Gasteiger partial charge in [0, 0.05) is 0 Å². The van der Waals surface area contributed by atoms with Crippen LogP contribution in [0.3, 0.4) is 0 Å². The number of carbonyl (C=O) groups excluding carboxylic acids is 2. The molecule has 0 radical (unpaired) electrons. The monoisotopic (exact) mass is 460 g/mol. The van der Waals surface area contributed by atoms with Gasteiger partial charge in [-0.2, -0.15) is 0 Å². The molecule has 0 unspecified atom stereocenters. The van der Waals surface area contributed by atoms with Crippen molar-refractivity contribution >= 4 is 34.6 Å². The van der Waals surface area contributed by atoms with E-state index in [1.807, 2.05) is 30.3 Å². The second-order valence-corrected chi connectivity index (χ2v) is 8.38. The number of fused-ring (bicyclic) bond motifs is 1. The van der Waals surface area contributed by atoms with Gasteiger partial charge in [-0.1, -0.05) is 42.1 Å². The number of para-hydroxylation sites is 2. The SMILES string of the molecule is C[C@H](Sc1nc2ccccc2c(=O)n1-c1ccc(Oc2ccccc2)cc1)C(=O)NC(N)=O. The molecule has 8 nitrogen and oxygen atoms in total. The first-order valence-corrected chi connectivity index (χ1v) is 10.9. The van der Waals surface area contributed by atoms with Gasteiger partial charge in [-0.25, -0.2) is 9.78 Å². The normalized spacial score (nSPS) is 11.7. The zero-order valence-electron chi connectivity index (χ0n) is 17.6. The third-order valence-corrected chi connectivity index (χ3v) is 5.77. The number of urea groups is 1. The topological polar surface area (TPSA) is 116 Å². The van der Waals surface area contributed by atoms with Crippen molar-refractivity contribution in [3.8, 4) is 17.2 Å². The highest BCUT2D eigenvalue weighted by Crippen LogP contribution is 2.27. The average Bonchev–Trinajstić information content (AvgIpc) is 2.80. The van der Waals surface area contributed by atoms with Crippen molar-refractivity contribution in [3.05, 3.63) is 89.2 Å². The van der Waals surface area contributed by atoms with Crippen molar-refractivity contribution in [2.75, 3.05) is 0 Å². The first-order valence-electron chi connectivity index (χ1n) is 10.0. The van der Waals surface area contributed by atoms with Gasteiger partial charge < -0.3 is 10.5 Å². The molecule has 0 bridgehead atoms. The van der Waals surface area contributed by atoms with Crippen LogP contribution in [-0.4, -0.2) is 26.7 Å². The Bertz CT molecular complexity index is 1370. The fourth-order valence-corrected chi connectivity index (χ4v) is 4.07. The van der Waals surface area contributed by atoms with Crippen LogP contribution in [0.15, 0.2) is 88.8 Å². The molecule has 0 aliphatic carbocycles. The molecule has 0 fully saturated rings. The van der Waals surface area contributed by atoms with Crippen LogP contribution >= 0.6 is 11.8 Å². The number of nitrogens with one attached hydrogen (secondary N) is 1. The summed E-state index contributed by atoms with van der Waals surface area (Å²) >= 11 is 1.05. The molecule has 0 spiro atoms. The van der Waals surface area contributed by atoms with Crippen molar-refractivity contribution < 1.29 is 14.3 Å². The van der Waals surface area contributed by atoms with Gasteiger partial charge in [0.25, 0.3) is 5.56 Å². The molecular weight excluding hydrogens is 440 g/mol. The van der Waals surface area contributed by atoms with Crippen molar-refractivity contribution in [3.63, 3.8) is 0 Å². The highest BCUT2D eigenvalue weighted by molar-refractivity contribution is 8.00. The lowest BCUT2D eigenvalue weighted by molar-refractivity contribution is -0.119. The van der Waals surface area contributed by atoms with Crippen LogP contribution in [0.1, 0.15) is 6.92 Å². The quantitative estimate of drug-likeness (QED) is 0.333. The summed E-state index contributed by atoms with van der Waals surface area (Å²) in [7, 11) is 0. The molecule has 3 amide bonds. The summed E-state index contributed by atoms with van der Waals surface area (Å²) < 4.78 is 7.27. The number of primary amides is 1. The second kappa shape index (κ2) is 9.58. The van der Waals surface area contributed by atoms with E-state index in [0.717, 1.165) is 11.8 Å². The van der Waals surface area contributed by atoms with E-state index in [1.165, 1.54) is 4.57 Å². The van der Waals surface area contributed by atoms with Gasteiger partial charge in [-0.05, 0) is 55.5 Å². The Morgan fingerprint density at radius 3 is 2.30 bits per heavy atom. The third-order valence-electron chi connectivity index (χ3n) is 4.72. The van der Waals surface area contributed by atoms with Gasteiger partial charge in [0.2, 0.25) is 5.91 Å². The summed E-state index contributed by atoms with van der Waals surface area (Å²) in [5, 5.41) is 2.08. The standard InChI is InChI=1S/C24H20N4O4S/c1-15(21(29)27-23(25)31)33-24-26-20-10-6-5-9-19(20)22(30)28(24)16-11-13-18(14-12-16)32-17-7-3-2-4-8-17/h2-15H,1H3,(H3,25,27,29,31)/t15-/m0/s1. The first kappa shape index (κ1) is 22.1. The molecule has 4 rings (SSSR count). The Kier molecular flexibility index (Phi) is 6.41. The fraction of sp³-hybridized carbons (Fsp3) is 0.0833. The lowest BCUT2D eigenvalue weighted by atomic mass is 10.2. The van der Waals surface area contributed by atoms with E-state index >= 15 is 0 Å². The Balaban J connectivity index is 1.73. The largest absolute Gasteiger partial charge is 0.457 e. The number of aromatic nitrogens is 2. The van der Waals surface area contributed by atoms with Crippen LogP contribution in [0.25, 0.3) is 16.6 Å². The van der Waals surface area contributed by atoms with Gasteiger partial charge >= 0.3 is 6.03 Å². The van der Waals surface area contributed by atoms with Gasteiger partial charge in [0.1, 0.15) is 11.5 Å². The number of benzene rings is 3. The summed E-state index contributed by atoms with van der Waals surface area (Å²) in [6.07, 6.45) is 0. The number of rotatable bonds is 6. The molecule has 1 atom stereocenters. The molecule has 0 aliphatic rings. The number of imide groups is 1. The van der Waals surface area contributed by atoms with E-state index in [1.54, 1.807) is 55.5 Å². The summed E-state index contributed by atoms with van der Waals surface area (Å²) in [5.74, 6) is 0.726. The van der Waals surface area contributed by atoms with Gasteiger partial charge in [-0.3, -0.25) is 19.5 Å². The number of thioether (sulfide) groups is 1. The molecule has 166 valence electrons. The minimum absolute atomic E-state index is 0.276. The third kappa shape index (κ3) is 5.04. The number of hydrogen-bond donors (Lipinski definition) is 2. The zero-order chi connectivity index (χ0) is 23.4. The number of hydrogen-bond acceptors (Lipinski definition) is 6. The Morgan fingerprint density at radius 2 is 1.61 bits per heavy atom. The van der Waals surface area contributed by atoms with Crippen LogP contribution in [0.2, 0.25) is 0 Å². The van der Waals surface area contributed by atoms with Crippen molar-refractivity contribution in [1.82, 2.24) is 14.9 Å². The van der Waals surface area contributed by atoms with E-state index < -0.39 is 17.2 Å². The highest BCUT2D eigenvalue weighted by Gasteiger charge is 2.21. The van der Waals surface area contributed by atoms with Gasteiger partial charge in [-0.15, -0.1) is 0 Å². The molecule has 0 aliphatic heterocycles. The molecule has 33 heavy (non-hydrogen) atoms. The number of nitrogens with zero attached hydrogens (tertiary/aromatic N) is 2. The van der Waals surface area contributed by atoms with Crippen molar-refractivity contribution in [2.45, 2.75) is 17.3 Å². The summed E-state index contributed by atoms with van der Waals surface area (Å²) in [6, 6.07) is 22.4. The van der Waals surface area contributed by atoms with E-state index in [4.69, 9.17) is 10.5 Å². The van der Waals surface area contributed by atoms with E-state index in [9.17, 15) is 14.4 Å². The molecular formula is C24H20N4O4S. The number of carbonyl (C=O) groups is 2. The Morgan fingerprint density at radius 1 is 0.970 bits per heavy atom. The predicted molar refractivity (Wildman–Crippen MR) is 127 cm³/mol. The number of nitrogens with two attached hydrogens (primary N) is 1. The highest BCUT2D eigenvalue weighted by atomic mass is 32.2. The smallest absolute Gasteiger partial charge is 0.318 e. The lowest BCUT2D eigenvalue weighted by Gasteiger charge is -2.16. The maximum atomic E-state index is 13.4. The molecule has 9 heteroatoms. The average molecular weight is 461 g/mol. The summed E-state index contributed by atoms with van der Waals surface area (Å²) in [5.41, 5.74) is 5.84. The molecule has 1 heterocycles. The summed E-state index contributed by atoms with van der Waals surface area (Å²) in [4.78, 5) is 41.2. The first-order chi connectivity index (χ1) is 15.9. The van der Waals surface area contributed by atoms with Crippen molar-refractivity contribution in [2.24, 2.45) is 5.73 Å². The van der Waals surface area contributed by atoms with Crippen LogP contribution in [-0.2, 0) is 4.79 Å². The minimum atomic E-state index is -0.940. The van der Waals surface area contributed by atoms with Crippen LogP contribution in [0.5, 0.6) is 11.5 Å². The molecule has 0 saturated carbocycles. The minimum Gasteiger partial charge on any atom is -0.457 e. The van der Waals surface area contributed by atoms with Gasteiger partial charge in [0.05, 0.1) is 21.8 Å². The molecule has 3 N–H and O–H groups in total. The summed E-state index contributed by atoms with van der Waals surface area (Å²) in [6.45, 7) is 1.60. The zero-order valence-corrected chi connectivity index (χ0v) is 18.4. The van der Waals surface area contributed by atoms with Crippen LogP contribution in [0, 0.1) is 0 Å². The van der Waals surface area contributed by atoms with Crippen LogP contribution in [0.4, 0.5) is 4.79 Å². The Labute approximate surface area is 193 Å². The maximum absolute atomic E-state index is 13.4. The lowest BCUT2D eigenvalue weighted by Crippen LogP contribution is -2.39. The van der Waals surface area contributed by atoms with Gasteiger partial charge in [0.15, 0.2) is 5.16 Å². The second-order valence-electron chi connectivity index (χ2n) is 7.07. The van der Waals surface area contributed by atoms with E-state index in [0.29, 0.717) is 33.2 Å². The number of amides is 3.